The summed E-state index contributed by atoms with van der Waals surface area (Å²) in [7, 11) is 2.11. The van der Waals surface area contributed by atoms with Crippen molar-refractivity contribution in [3.05, 3.63) is 83.6 Å². The van der Waals surface area contributed by atoms with Crippen molar-refractivity contribution in [1.82, 2.24) is 15.1 Å². The summed E-state index contributed by atoms with van der Waals surface area (Å²) in [5.41, 5.74) is 2.81. The van der Waals surface area contributed by atoms with Crippen LogP contribution in [0.15, 0.2) is 76.1 Å². The Kier molecular flexibility index (Phi) is 6.60. The molecule has 2 amide bonds. The number of furan rings is 1. The number of carbonyl (C=O) groups is 2. The fourth-order valence-corrected chi connectivity index (χ4v) is 4.14. The third-order valence-electron chi connectivity index (χ3n) is 6.05. The molecule has 3 aromatic rings. The average molecular weight is 474 g/mol. The molecule has 0 unspecified atom stereocenters. The largest absolute Gasteiger partial charge is 0.429 e. The van der Waals surface area contributed by atoms with Gasteiger partial charge in [-0.05, 0) is 19.2 Å². The van der Waals surface area contributed by atoms with Crippen molar-refractivity contribution in [3.8, 4) is 5.95 Å². The van der Waals surface area contributed by atoms with Gasteiger partial charge in [0, 0.05) is 43.4 Å². The molecule has 5 rings (SSSR count). The fraction of sp³-hybridized carbons (Fsp3) is 0.269. The molecule has 2 aromatic carbocycles. The van der Waals surface area contributed by atoms with E-state index < -0.39 is 18.2 Å². The summed E-state index contributed by atoms with van der Waals surface area (Å²) >= 11 is 0. The van der Waals surface area contributed by atoms with Crippen molar-refractivity contribution in [2.75, 3.05) is 38.5 Å². The molecule has 0 bridgehead atoms. The van der Waals surface area contributed by atoms with Gasteiger partial charge >= 0.3 is 6.09 Å². The summed E-state index contributed by atoms with van der Waals surface area (Å²) in [5, 5.41) is 5.39. The quantitative estimate of drug-likeness (QED) is 0.591. The Morgan fingerprint density at radius 2 is 1.80 bits per heavy atom. The molecular formula is C26H27N5O4. The molecule has 3 heterocycles. The van der Waals surface area contributed by atoms with Crippen LogP contribution in [0.3, 0.4) is 0 Å². The number of fused-ring (bicyclic) bond motifs is 1. The van der Waals surface area contributed by atoms with Crippen molar-refractivity contribution in [2.45, 2.75) is 12.7 Å². The number of anilines is 1. The Hall–Kier alpha value is -3.95. The van der Waals surface area contributed by atoms with Gasteiger partial charge in [0.2, 0.25) is 6.17 Å². The minimum absolute atomic E-state index is 0.0659. The molecule has 9 nitrogen and oxygen atoms in total. The van der Waals surface area contributed by atoms with Crippen LogP contribution in [0.1, 0.15) is 16.9 Å². The number of amides is 2. The molecule has 180 valence electrons. The van der Waals surface area contributed by atoms with E-state index in [-0.39, 0.29) is 5.95 Å². The van der Waals surface area contributed by atoms with Gasteiger partial charge in [-0.25, -0.2) is 9.79 Å². The molecule has 0 radical (unpaired) electrons. The van der Waals surface area contributed by atoms with E-state index in [0.717, 1.165) is 37.3 Å². The number of benzene rings is 2. The maximum absolute atomic E-state index is 12.9. The Balaban J connectivity index is 1.28. The Morgan fingerprint density at radius 3 is 2.60 bits per heavy atom. The highest BCUT2D eigenvalue weighted by Crippen LogP contribution is 2.24. The van der Waals surface area contributed by atoms with Crippen molar-refractivity contribution in [1.29, 1.82) is 0 Å². The van der Waals surface area contributed by atoms with Gasteiger partial charge in [0.25, 0.3) is 11.9 Å². The molecule has 1 fully saturated rings. The van der Waals surface area contributed by atoms with Crippen molar-refractivity contribution in [3.63, 3.8) is 0 Å². The first-order valence-electron chi connectivity index (χ1n) is 11.6. The predicted molar refractivity (Wildman–Crippen MR) is 132 cm³/mol. The summed E-state index contributed by atoms with van der Waals surface area (Å²) in [4.78, 5) is 34.7. The minimum atomic E-state index is -1.18. The number of hydrogen-bond donors (Lipinski definition) is 2. The maximum Gasteiger partial charge on any atom is 0.417 e. The number of likely N-dealkylation sites (N-methyl/N-ethyl adjacent to an activating group) is 1. The van der Waals surface area contributed by atoms with Crippen LogP contribution in [-0.2, 0) is 11.3 Å². The lowest BCUT2D eigenvalue weighted by atomic mass is 10.0. The van der Waals surface area contributed by atoms with Crippen molar-refractivity contribution < 1.29 is 18.7 Å². The summed E-state index contributed by atoms with van der Waals surface area (Å²) in [5.74, 6) is 0.316. The van der Waals surface area contributed by atoms with Gasteiger partial charge in [-0.3, -0.25) is 15.0 Å². The van der Waals surface area contributed by atoms with Crippen molar-refractivity contribution >= 4 is 23.4 Å². The van der Waals surface area contributed by atoms with E-state index in [1.54, 1.807) is 18.2 Å². The van der Waals surface area contributed by atoms with Crippen LogP contribution < -0.4 is 15.4 Å². The zero-order chi connectivity index (χ0) is 24.2. The number of nitrogens with one attached hydrogen (secondary N) is 2. The van der Waals surface area contributed by atoms with E-state index in [1.807, 2.05) is 48.5 Å². The molecule has 2 aliphatic heterocycles. The molecule has 1 aromatic heterocycles. The number of benzodiazepines with no additional fused rings is 1. The normalized spacial score (nSPS) is 18.7. The predicted octanol–water partition coefficient (Wildman–Crippen LogP) is 2.93. The maximum atomic E-state index is 12.9. The standard InChI is InChI=1S/C26H27N5O4/c1-30-13-15-31(16-14-30)17-19-11-12-22(34-19)35-26(33)29-24-25(32)27-21-10-6-5-9-20(21)23(28-24)18-7-3-2-4-8-18/h2-12,24H,13-17H2,1H3,(H,27,32)(H,29,33)/t24-/m1/s1. The number of nitrogens with zero attached hydrogens (tertiary/aromatic N) is 3. The molecular weight excluding hydrogens is 446 g/mol. The van der Waals surface area contributed by atoms with Crippen LogP contribution in [0.2, 0.25) is 0 Å². The lowest BCUT2D eigenvalue weighted by Crippen LogP contribution is -2.43. The average Bonchev–Trinajstić information content (AvgIpc) is 3.24. The Labute approximate surface area is 203 Å². The molecule has 1 atom stereocenters. The molecule has 0 spiro atoms. The van der Waals surface area contributed by atoms with Gasteiger partial charge in [0.15, 0.2) is 0 Å². The van der Waals surface area contributed by atoms with E-state index >= 15 is 0 Å². The Bertz CT molecular complexity index is 1230. The topological polar surface area (TPSA) is 99.4 Å². The molecule has 2 aliphatic rings. The smallest absolute Gasteiger partial charge is 0.417 e. The third-order valence-corrected chi connectivity index (χ3v) is 6.05. The van der Waals surface area contributed by atoms with Crippen LogP contribution in [0.25, 0.3) is 0 Å². The van der Waals surface area contributed by atoms with Gasteiger partial charge in [-0.15, -0.1) is 0 Å². The number of para-hydroxylation sites is 1. The number of piperazine rings is 1. The fourth-order valence-electron chi connectivity index (χ4n) is 4.14. The van der Waals surface area contributed by atoms with E-state index in [9.17, 15) is 9.59 Å². The lowest BCUT2D eigenvalue weighted by Gasteiger charge is -2.31. The van der Waals surface area contributed by atoms with Gasteiger partial charge in [0.1, 0.15) is 5.76 Å². The minimum Gasteiger partial charge on any atom is -0.429 e. The Morgan fingerprint density at radius 1 is 1.06 bits per heavy atom. The number of hydrogen-bond acceptors (Lipinski definition) is 7. The lowest BCUT2D eigenvalue weighted by molar-refractivity contribution is -0.117. The van der Waals surface area contributed by atoms with E-state index in [0.29, 0.717) is 23.7 Å². The second-order valence-corrected chi connectivity index (χ2v) is 8.62. The first-order chi connectivity index (χ1) is 17.0. The van der Waals surface area contributed by atoms with Crippen LogP contribution in [-0.4, -0.2) is 66.9 Å². The van der Waals surface area contributed by atoms with Gasteiger partial charge in [-0.2, -0.15) is 0 Å². The SMILES string of the molecule is CN1CCN(Cc2ccc(OC(=O)N[C@H]3N=C(c4ccccc4)c4ccccc4NC3=O)o2)CC1. The van der Waals surface area contributed by atoms with E-state index in [4.69, 9.17) is 9.15 Å². The molecule has 35 heavy (non-hydrogen) atoms. The summed E-state index contributed by atoms with van der Waals surface area (Å²) in [6.07, 6.45) is -2.00. The van der Waals surface area contributed by atoms with Gasteiger partial charge < -0.3 is 19.4 Å². The monoisotopic (exact) mass is 473 g/mol. The first-order valence-corrected chi connectivity index (χ1v) is 11.6. The third kappa shape index (κ3) is 5.42. The zero-order valence-electron chi connectivity index (χ0n) is 19.4. The molecule has 9 heteroatoms. The summed E-state index contributed by atoms with van der Waals surface area (Å²) < 4.78 is 11.0. The van der Waals surface area contributed by atoms with Crippen LogP contribution in [0.4, 0.5) is 10.5 Å². The van der Waals surface area contributed by atoms with Gasteiger partial charge in [-0.1, -0.05) is 48.5 Å². The molecule has 0 aliphatic carbocycles. The van der Waals surface area contributed by atoms with E-state index in [1.165, 1.54) is 0 Å². The van der Waals surface area contributed by atoms with Gasteiger partial charge in [0.05, 0.1) is 17.9 Å². The van der Waals surface area contributed by atoms with Crippen LogP contribution >= 0.6 is 0 Å². The summed E-state index contributed by atoms with van der Waals surface area (Å²) in [6.45, 7) is 4.56. The zero-order valence-corrected chi connectivity index (χ0v) is 19.4. The number of aliphatic imine (C=N–C) groups is 1. The number of rotatable bonds is 5. The van der Waals surface area contributed by atoms with Crippen LogP contribution in [0.5, 0.6) is 5.95 Å². The summed E-state index contributed by atoms with van der Waals surface area (Å²) in [6, 6.07) is 20.3. The van der Waals surface area contributed by atoms with Crippen LogP contribution in [0, 0.1) is 0 Å². The highest BCUT2D eigenvalue weighted by molar-refractivity contribution is 6.19. The van der Waals surface area contributed by atoms with Crippen molar-refractivity contribution in [2.24, 2.45) is 4.99 Å². The highest BCUT2D eigenvalue weighted by atomic mass is 16.6. The number of ether oxygens (including phenoxy) is 1. The first kappa shape index (κ1) is 22.8. The molecule has 2 N–H and O–H groups in total. The second-order valence-electron chi connectivity index (χ2n) is 8.62. The molecule has 1 saturated heterocycles. The number of carbonyl (C=O) groups excluding carboxylic acids is 2. The molecule has 0 saturated carbocycles. The second kappa shape index (κ2) is 10.1. The highest BCUT2D eigenvalue weighted by Gasteiger charge is 2.28. The van der Waals surface area contributed by atoms with E-state index in [2.05, 4.69) is 32.5 Å².